The van der Waals surface area contributed by atoms with Gasteiger partial charge in [0.25, 0.3) is 0 Å². The highest BCUT2D eigenvalue weighted by molar-refractivity contribution is 7.99. The number of hydrogen-bond acceptors (Lipinski definition) is 6. The van der Waals surface area contributed by atoms with E-state index in [0.717, 1.165) is 22.7 Å². The average Bonchev–Trinajstić information content (AvgIpc) is 3.35. The van der Waals surface area contributed by atoms with Crippen molar-refractivity contribution in [1.82, 2.24) is 19.8 Å². The molecule has 6 nitrogen and oxygen atoms in total. The van der Waals surface area contributed by atoms with Crippen LogP contribution in [0.2, 0.25) is 0 Å². The van der Waals surface area contributed by atoms with Gasteiger partial charge in [-0.2, -0.15) is 22.8 Å². The van der Waals surface area contributed by atoms with Crippen LogP contribution in [0.25, 0.3) is 16.3 Å². The van der Waals surface area contributed by atoms with Crippen molar-refractivity contribution in [2.24, 2.45) is 0 Å². The van der Waals surface area contributed by atoms with E-state index in [1.807, 2.05) is 17.5 Å². The van der Waals surface area contributed by atoms with E-state index < -0.39 is 17.6 Å². The summed E-state index contributed by atoms with van der Waals surface area (Å²) in [5.74, 6) is -0.0712. The molecule has 29 heavy (non-hydrogen) atoms. The molecule has 0 unspecified atom stereocenters. The first-order chi connectivity index (χ1) is 13.9. The minimum absolute atomic E-state index is 0.0961. The Bertz CT molecular complexity index is 1160. The summed E-state index contributed by atoms with van der Waals surface area (Å²) in [6.07, 6.45) is -4.55. The summed E-state index contributed by atoms with van der Waals surface area (Å²) in [6, 6.07) is 12.1. The molecule has 4 aromatic rings. The molecule has 0 aliphatic carbocycles. The van der Waals surface area contributed by atoms with Crippen LogP contribution in [0, 0.1) is 0 Å². The molecule has 1 N–H and O–H groups in total. The van der Waals surface area contributed by atoms with Crippen LogP contribution in [0.5, 0.6) is 0 Å². The molecule has 0 aliphatic rings. The van der Waals surface area contributed by atoms with Crippen LogP contribution in [0.15, 0.2) is 58.9 Å². The van der Waals surface area contributed by atoms with Crippen molar-refractivity contribution < 1.29 is 18.0 Å². The van der Waals surface area contributed by atoms with Crippen LogP contribution in [0.4, 0.5) is 18.9 Å². The number of nitrogens with zero attached hydrogens (tertiary/aromatic N) is 4. The number of carbonyl (C=O) groups is 1. The topological polar surface area (TPSA) is 72.2 Å². The van der Waals surface area contributed by atoms with Crippen LogP contribution in [-0.4, -0.2) is 31.5 Å². The Kier molecular flexibility index (Phi) is 5.24. The highest BCUT2D eigenvalue weighted by Gasteiger charge is 2.33. The standard InChI is InChI=1S/C18H12F3N5OS2/c19-18(20,21)11-4-1-2-5-12(11)22-15(27)10-29-16-8-7-14-23-24-17(26(14)25-16)13-6-3-9-28-13/h1-9H,10H2,(H,22,27). The molecule has 0 spiro atoms. The number of benzene rings is 1. The number of aromatic nitrogens is 4. The lowest BCUT2D eigenvalue weighted by Crippen LogP contribution is -2.18. The number of alkyl halides is 3. The molecule has 0 saturated carbocycles. The summed E-state index contributed by atoms with van der Waals surface area (Å²) in [7, 11) is 0. The molecule has 0 radical (unpaired) electrons. The molecule has 3 heterocycles. The van der Waals surface area contributed by atoms with Gasteiger partial charge < -0.3 is 5.32 Å². The monoisotopic (exact) mass is 435 g/mol. The van der Waals surface area contributed by atoms with Crippen LogP contribution in [-0.2, 0) is 11.0 Å². The van der Waals surface area contributed by atoms with Crippen LogP contribution in [0.3, 0.4) is 0 Å². The first-order valence-electron chi connectivity index (χ1n) is 8.27. The first kappa shape index (κ1) is 19.4. The molecular weight excluding hydrogens is 423 g/mol. The van der Waals surface area contributed by atoms with E-state index in [2.05, 4.69) is 20.6 Å². The summed E-state index contributed by atoms with van der Waals surface area (Å²) >= 11 is 2.61. The van der Waals surface area contributed by atoms with Crippen molar-refractivity contribution in [3.8, 4) is 10.7 Å². The van der Waals surface area contributed by atoms with Crippen LogP contribution >= 0.6 is 23.1 Å². The molecule has 3 aromatic heterocycles. The fraction of sp³-hybridized carbons (Fsp3) is 0.111. The molecular formula is C18H12F3N5OS2. The van der Waals surface area contributed by atoms with Crippen LogP contribution < -0.4 is 5.32 Å². The number of rotatable bonds is 5. The lowest BCUT2D eigenvalue weighted by atomic mass is 10.1. The number of thioether (sulfide) groups is 1. The number of carbonyl (C=O) groups excluding carboxylic acids is 1. The molecule has 1 amide bonds. The number of amides is 1. The third-order valence-corrected chi connectivity index (χ3v) is 5.62. The Morgan fingerprint density at radius 2 is 1.93 bits per heavy atom. The number of thiophene rings is 1. The van der Waals surface area contributed by atoms with Gasteiger partial charge in [-0.1, -0.05) is 30.0 Å². The molecule has 1 aromatic carbocycles. The van der Waals surface area contributed by atoms with Crippen molar-refractivity contribution in [2.75, 3.05) is 11.1 Å². The first-order valence-corrected chi connectivity index (χ1v) is 10.1. The lowest BCUT2D eigenvalue weighted by molar-refractivity contribution is -0.137. The number of hydrogen-bond donors (Lipinski definition) is 1. The SMILES string of the molecule is O=C(CSc1ccc2nnc(-c3cccs3)n2n1)Nc1ccccc1C(F)(F)F. The highest BCUT2D eigenvalue weighted by Crippen LogP contribution is 2.34. The van der Waals surface area contributed by atoms with Crippen molar-refractivity contribution in [3.05, 3.63) is 59.5 Å². The Hall–Kier alpha value is -2.92. The molecule has 0 saturated heterocycles. The Morgan fingerprint density at radius 3 is 2.69 bits per heavy atom. The zero-order valence-electron chi connectivity index (χ0n) is 14.6. The van der Waals surface area contributed by atoms with Gasteiger partial charge in [-0.05, 0) is 35.7 Å². The second kappa shape index (κ2) is 7.84. The maximum Gasteiger partial charge on any atom is 0.418 e. The second-order valence-corrected chi connectivity index (χ2v) is 7.77. The van der Waals surface area contributed by atoms with Gasteiger partial charge in [-0.15, -0.1) is 21.5 Å². The zero-order chi connectivity index (χ0) is 20.4. The quantitative estimate of drug-likeness (QED) is 0.464. The van der Waals surface area contributed by atoms with Gasteiger partial charge >= 0.3 is 6.18 Å². The van der Waals surface area contributed by atoms with Gasteiger partial charge in [0.05, 0.1) is 21.9 Å². The fourth-order valence-electron chi connectivity index (χ4n) is 2.57. The van der Waals surface area contributed by atoms with Gasteiger partial charge in [0.15, 0.2) is 11.5 Å². The lowest BCUT2D eigenvalue weighted by Gasteiger charge is -2.13. The minimum Gasteiger partial charge on any atom is -0.325 e. The average molecular weight is 435 g/mol. The summed E-state index contributed by atoms with van der Waals surface area (Å²) in [4.78, 5) is 13.1. The fourth-order valence-corrected chi connectivity index (χ4v) is 3.92. The normalized spacial score (nSPS) is 11.7. The van der Waals surface area contributed by atoms with E-state index in [-0.39, 0.29) is 11.4 Å². The number of fused-ring (bicyclic) bond motifs is 1. The molecule has 0 fully saturated rings. The maximum absolute atomic E-state index is 13.0. The van der Waals surface area contributed by atoms with Gasteiger partial charge in [0.2, 0.25) is 5.91 Å². The minimum atomic E-state index is -4.55. The maximum atomic E-state index is 13.0. The number of nitrogens with one attached hydrogen (secondary N) is 1. The third-order valence-electron chi connectivity index (χ3n) is 3.84. The smallest absolute Gasteiger partial charge is 0.325 e. The van der Waals surface area contributed by atoms with E-state index in [0.29, 0.717) is 16.5 Å². The Balaban J connectivity index is 1.48. The van der Waals surface area contributed by atoms with Gasteiger partial charge in [-0.25, -0.2) is 0 Å². The summed E-state index contributed by atoms with van der Waals surface area (Å²) in [6.45, 7) is 0. The summed E-state index contributed by atoms with van der Waals surface area (Å²) in [5, 5.41) is 17.4. The number of para-hydroxylation sites is 1. The summed E-state index contributed by atoms with van der Waals surface area (Å²) < 4.78 is 40.7. The molecule has 0 aliphatic heterocycles. The van der Waals surface area contributed by atoms with E-state index in [9.17, 15) is 18.0 Å². The molecule has 0 atom stereocenters. The van der Waals surface area contributed by atoms with Crippen molar-refractivity contribution in [2.45, 2.75) is 11.2 Å². The highest BCUT2D eigenvalue weighted by atomic mass is 32.2. The second-order valence-electron chi connectivity index (χ2n) is 5.82. The van der Waals surface area contributed by atoms with Gasteiger partial charge in [0, 0.05) is 0 Å². The summed E-state index contributed by atoms with van der Waals surface area (Å²) in [5.41, 5.74) is -0.600. The predicted octanol–water partition coefficient (Wildman–Crippen LogP) is 4.60. The van der Waals surface area contributed by atoms with Crippen LogP contribution in [0.1, 0.15) is 5.56 Å². The number of anilines is 1. The molecule has 11 heteroatoms. The van der Waals surface area contributed by atoms with Gasteiger partial charge in [-0.3, -0.25) is 4.79 Å². The van der Waals surface area contributed by atoms with E-state index >= 15 is 0 Å². The zero-order valence-corrected chi connectivity index (χ0v) is 16.2. The van der Waals surface area contributed by atoms with E-state index in [1.165, 1.54) is 29.5 Å². The van der Waals surface area contributed by atoms with E-state index in [1.54, 1.807) is 16.6 Å². The largest absolute Gasteiger partial charge is 0.418 e. The Morgan fingerprint density at radius 1 is 1.10 bits per heavy atom. The molecule has 4 rings (SSSR count). The Labute approximate surface area is 170 Å². The van der Waals surface area contributed by atoms with Crippen molar-refractivity contribution >= 4 is 40.3 Å². The van der Waals surface area contributed by atoms with E-state index in [4.69, 9.17) is 0 Å². The number of halogens is 3. The predicted molar refractivity (Wildman–Crippen MR) is 105 cm³/mol. The van der Waals surface area contributed by atoms with Gasteiger partial charge in [0.1, 0.15) is 5.03 Å². The third kappa shape index (κ3) is 4.25. The van der Waals surface area contributed by atoms with Crippen molar-refractivity contribution in [1.29, 1.82) is 0 Å². The van der Waals surface area contributed by atoms with Crippen molar-refractivity contribution in [3.63, 3.8) is 0 Å². The molecule has 0 bridgehead atoms. The molecule has 148 valence electrons.